The Kier molecular flexibility index (Phi) is 4.29. The van der Waals surface area contributed by atoms with Gasteiger partial charge in [0, 0.05) is 24.7 Å². The summed E-state index contributed by atoms with van der Waals surface area (Å²) < 4.78 is 7.95. The molecule has 2 aromatic heterocycles. The van der Waals surface area contributed by atoms with Gasteiger partial charge in [-0.1, -0.05) is 11.8 Å². The van der Waals surface area contributed by atoms with Crippen LogP contribution >= 0.6 is 11.8 Å². The second-order valence-corrected chi connectivity index (χ2v) is 4.41. The van der Waals surface area contributed by atoms with E-state index in [2.05, 4.69) is 25.2 Å². The lowest BCUT2D eigenvalue weighted by molar-refractivity contribution is -0.141. The first-order chi connectivity index (χ1) is 8.79. The molecule has 0 saturated carbocycles. The number of carbonyl (C=O) groups is 1. The maximum atomic E-state index is 11.1. The lowest BCUT2D eigenvalue weighted by atomic mass is 10.7. The minimum atomic E-state index is -0.376. The quantitative estimate of drug-likeness (QED) is 0.531. The molecule has 8 nitrogen and oxygen atoms in total. The average molecular weight is 268 g/mol. The number of thioether (sulfide) groups is 1. The zero-order valence-corrected chi connectivity index (χ0v) is 10.6. The summed E-state index contributed by atoms with van der Waals surface area (Å²) in [6.07, 6.45) is 5.36. The van der Waals surface area contributed by atoms with Crippen molar-refractivity contribution in [2.75, 3.05) is 12.9 Å². The first kappa shape index (κ1) is 12.6. The van der Waals surface area contributed by atoms with Gasteiger partial charge in [-0.05, 0) is 10.4 Å². The second-order valence-electron chi connectivity index (χ2n) is 3.34. The number of tetrazole rings is 1. The molecule has 0 aliphatic heterocycles. The van der Waals surface area contributed by atoms with Crippen LogP contribution in [0.5, 0.6) is 0 Å². The van der Waals surface area contributed by atoms with Crippen molar-refractivity contribution in [3.05, 3.63) is 18.7 Å². The Labute approximate surface area is 107 Å². The van der Waals surface area contributed by atoms with E-state index in [1.807, 2.05) is 10.8 Å². The minimum Gasteiger partial charge on any atom is -0.468 e. The first-order valence-electron chi connectivity index (χ1n) is 5.21. The molecular weight excluding hydrogens is 256 g/mol. The van der Waals surface area contributed by atoms with E-state index >= 15 is 0 Å². The van der Waals surface area contributed by atoms with Gasteiger partial charge >= 0.3 is 5.97 Å². The lowest BCUT2D eigenvalue weighted by Gasteiger charge is -2.03. The summed E-state index contributed by atoms with van der Waals surface area (Å²) in [6.45, 7) is 0.826. The summed E-state index contributed by atoms with van der Waals surface area (Å²) in [5, 5.41) is 11.7. The van der Waals surface area contributed by atoms with Gasteiger partial charge in [-0.2, -0.15) is 0 Å². The van der Waals surface area contributed by atoms with Crippen molar-refractivity contribution in [2.24, 2.45) is 0 Å². The van der Waals surface area contributed by atoms with Gasteiger partial charge in [0.15, 0.2) is 0 Å². The molecular formula is C9H12N6O2S. The zero-order valence-electron chi connectivity index (χ0n) is 9.76. The summed E-state index contributed by atoms with van der Waals surface area (Å²) in [5.74, 6) is 0.413. The Morgan fingerprint density at radius 1 is 1.56 bits per heavy atom. The summed E-state index contributed by atoms with van der Waals surface area (Å²) in [7, 11) is 1.33. The normalized spacial score (nSPS) is 10.5. The number of aryl methyl sites for hydroxylation is 1. The van der Waals surface area contributed by atoms with Gasteiger partial charge in [0.2, 0.25) is 5.16 Å². The molecule has 0 atom stereocenters. The third-order valence-electron chi connectivity index (χ3n) is 2.15. The summed E-state index contributed by atoms with van der Waals surface area (Å²) in [6, 6.07) is 0. The van der Waals surface area contributed by atoms with E-state index < -0.39 is 0 Å². The summed E-state index contributed by atoms with van der Waals surface area (Å²) in [5.41, 5.74) is 0. The smallest absolute Gasteiger partial charge is 0.327 e. The number of hydrogen-bond acceptors (Lipinski definition) is 7. The highest BCUT2D eigenvalue weighted by Crippen LogP contribution is 2.13. The Bertz CT molecular complexity index is 497. The predicted octanol–water partition coefficient (Wildman–Crippen LogP) is -0.165. The average Bonchev–Trinajstić information content (AvgIpc) is 3.01. The largest absolute Gasteiger partial charge is 0.468 e. The van der Waals surface area contributed by atoms with Gasteiger partial charge in [-0.15, -0.1) is 5.10 Å². The van der Waals surface area contributed by atoms with E-state index in [9.17, 15) is 4.79 Å². The maximum absolute atomic E-state index is 11.1. The van der Waals surface area contributed by atoms with Crippen LogP contribution in [0.25, 0.3) is 0 Å². The highest BCUT2D eigenvalue weighted by atomic mass is 32.2. The molecule has 0 radical (unpaired) electrons. The number of rotatable bonds is 6. The molecule has 0 fully saturated rings. The van der Waals surface area contributed by atoms with Crippen molar-refractivity contribution < 1.29 is 9.53 Å². The van der Waals surface area contributed by atoms with Crippen LogP contribution in [0, 0.1) is 0 Å². The van der Waals surface area contributed by atoms with Gasteiger partial charge in [0.25, 0.3) is 0 Å². The fourth-order valence-corrected chi connectivity index (χ4v) is 2.08. The number of carbonyl (C=O) groups excluding carboxylic acids is 1. The molecule has 96 valence electrons. The van der Waals surface area contributed by atoms with Crippen molar-refractivity contribution in [1.29, 1.82) is 0 Å². The Morgan fingerprint density at radius 2 is 2.44 bits per heavy atom. The van der Waals surface area contributed by atoms with Crippen molar-refractivity contribution >= 4 is 17.7 Å². The monoisotopic (exact) mass is 268 g/mol. The first-order valence-corrected chi connectivity index (χ1v) is 6.19. The summed E-state index contributed by atoms with van der Waals surface area (Å²) >= 11 is 1.47. The van der Waals surface area contributed by atoms with Crippen molar-refractivity contribution in [1.82, 2.24) is 29.8 Å². The topological polar surface area (TPSA) is 87.7 Å². The van der Waals surface area contributed by atoms with Crippen LogP contribution in [-0.2, 0) is 22.6 Å². The summed E-state index contributed by atoms with van der Waals surface area (Å²) in [4.78, 5) is 15.1. The number of ether oxygens (including phenoxy) is 1. The molecule has 0 aromatic carbocycles. The number of imidazole rings is 1. The van der Waals surface area contributed by atoms with Crippen LogP contribution in [-0.4, -0.2) is 48.6 Å². The molecule has 0 N–H and O–H groups in total. The molecule has 0 aliphatic rings. The van der Waals surface area contributed by atoms with E-state index in [4.69, 9.17) is 0 Å². The molecule has 0 unspecified atom stereocenters. The number of esters is 1. The number of hydrogen-bond donors (Lipinski definition) is 0. The van der Waals surface area contributed by atoms with Crippen LogP contribution in [0.4, 0.5) is 0 Å². The van der Waals surface area contributed by atoms with Crippen LogP contribution < -0.4 is 0 Å². The highest BCUT2D eigenvalue weighted by molar-refractivity contribution is 7.99. The van der Waals surface area contributed by atoms with Gasteiger partial charge < -0.3 is 9.30 Å². The van der Waals surface area contributed by atoms with Crippen molar-refractivity contribution in [3.63, 3.8) is 0 Å². The highest BCUT2D eigenvalue weighted by Gasteiger charge is 2.10. The molecule has 0 spiro atoms. The van der Waals surface area contributed by atoms with Crippen LogP contribution in [0.3, 0.4) is 0 Å². The fraction of sp³-hybridized carbons (Fsp3) is 0.444. The minimum absolute atomic E-state index is 0.0247. The lowest BCUT2D eigenvalue weighted by Crippen LogP contribution is -2.14. The molecule has 0 bridgehead atoms. The molecule has 2 aromatic rings. The Hall–Kier alpha value is -1.90. The van der Waals surface area contributed by atoms with E-state index in [-0.39, 0.29) is 12.5 Å². The van der Waals surface area contributed by atoms with Gasteiger partial charge in [-0.25, -0.2) is 9.67 Å². The third-order valence-corrected chi connectivity index (χ3v) is 3.08. The van der Waals surface area contributed by atoms with Crippen molar-refractivity contribution in [2.45, 2.75) is 18.2 Å². The number of aromatic nitrogens is 6. The van der Waals surface area contributed by atoms with Gasteiger partial charge in [0.1, 0.15) is 6.54 Å². The molecule has 0 aliphatic carbocycles. The van der Waals surface area contributed by atoms with E-state index in [0.717, 1.165) is 12.3 Å². The molecule has 18 heavy (non-hydrogen) atoms. The zero-order chi connectivity index (χ0) is 12.8. The van der Waals surface area contributed by atoms with E-state index in [1.165, 1.54) is 23.6 Å². The fourth-order valence-electron chi connectivity index (χ4n) is 1.25. The van der Waals surface area contributed by atoms with Gasteiger partial charge in [0.05, 0.1) is 13.4 Å². The molecule has 9 heteroatoms. The Balaban J connectivity index is 1.85. The number of methoxy groups -OCH3 is 1. The Morgan fingerprint density at radius 3 is 3.17 bits per heavy atom. The maximum Gasteiger partial charge on any atom is 0.327 e. The predicted molar refractivity (Wildman–Crippen MR) is 62.8 cm³/mol. The van der Waals surface area contributed by atoms with Crippen molar-refractivity contribution in [3.8, 4) is 0 Å². The third kappa shape index (κ3) is 3.29. The van der Waals surface area contributed by atoms with E-state index in [1.54, 1.807) is 12.5 Å². The van der Waals surface area contributed by atoms with E-state index in [0.29, 0.717) is 5.16 Å². The second kappa shape index (κ2) is 6.15. The van der Waals surface area contributed by atoms with Crippen LogP contribution in [0.15, 0.2) is 23.9 Å². The van der Waals surface area contributed by atoms with Crippen LogP contribution in [0.2, 0.25) is 0 Å². The van der Waals surface area contributed by atoms with Gasteiger partial charge in [-0.3, -0.25) is 4.79 Å². The molecule has 0 amide bonds. The molecule has 0 saturated heterocycles. The standard InChI is InChI=1S/C9H12N6O2S/c1-17-8(16)6-15-9(11-12-13-15)18-5-4-14-3-2-10-7-14/h2-3,7H,4-6H2,1H3. The molecule has 2 heterocycles. The molecule has 2 rings (SSSR count). The van der Waals surface area contributed by atoms with Crippen LogP contribution in [0.1, 0.15) is 0 Å². The number of nitrogens with zero attached hydrogens (tertiary/aromatic N) is 6. The SMILES string of the molecule is COC(=O)Cn1nnnc1SCCn1ccnc1.